The Morgan fingerprint density at radius 1 is 1.17 bits per heavy atom. The Hall–Kier alpha value is -0.570. The third-order valence-electron chi connectivity index (χ3n) is 5.03. The van der Waals surface area contributed by atoms with Crippen LogP contribution >= 0.6 is 0 Å². The largest absolute Gasteiger partial charge is 0.342 e. The van der Waals surface area contributed by atoms with E-state index in [1.807, 2.05) is 0 Å². The highest BCUT2D eigenvalue weighted by atomic mass is 16.2. The Balaban J connectivity index is 1.91. The summed E-state index contributed by atoms with van der Waals surface area (Å²) in [7, 11) is 0. The number of rotatable bonds is 3. The molecule has 3 heteroatoms. The second kappa shape index (κ2) is 5.60. The Labute approximate surface area is 112 Å². The van der Waals surface area contributed by atoms with Gasteiger partial charge in [-0.05, 0) is 52.1 Å². The van der Waals surface area contributed by atoms with Gasteiger partial charge in [0, 0.05) is 24.5 Å². The number of nitrogens with zero attached hydrogens (tertiary/aromatic N) is 2. The van der Waals surface area contributed by atoms with E-state index in [1.54, 1.807) is 0 Å². The zero-order valence-electron chi connectivity index (χ0n) is 12.2. The Morgan fingerprint density at radius 3 is 2.22 bits per heavy atom. The van der Waals surface area contributed by atoms with Crippen LogP contribution in [0.3, 0.4) is 0 Å². The van der Waals surface area contributed by atoms with Gasteiger partial charge in [0.15, 0.2) is 0 Å². The SMILES string of the molecule is CCC(C)N1CCC(C)(C(=O)N2CCCC2)CC1. The highest BCUT2D eigenvalue weighted by molar-refractivity contribution is 5.82. The second-order valence-corrected chi connectivity index (χ2v) is 6.35. The maximum Gasteiger partial charge on any atom is 0.228 e. The third kappa shape index (κ3) is 2.71. The number of piperidine rings is 1. The lowest BCUT2D eigenvalue weighted by molar-refractivity contribution is -0.143. The van der Waals surface area contributed by atoms with E-state index in [2.05, 4.69) is 30.6 Å². The molecule has 104 valence electrons. The normalized spacial score (nSPS) is 26.3. The molecule has 0 bridgehead atoms. The van der Waals surface area contributed by atoms with Crippen molar-refractivity contribution in [1.29, 1.82) is 0 Å². The summed E-state index contributed by atoms with van der Waals surface area (Å²) in [5.41, 5.74) is -0.0890. The van der Waals surface area contributed by atoms with E-state index in [9.17, 15) is 4.79 Å². The second-order valence-electron chi connectivity index (χ2n) is 6.35. The van der Waals surface area contributed by atoms with Crippen LogP contribution in [-0.2, 0) is 4.79 Å². The molecule has 0 aromatic rings. The van der Waals surface area contributed by atoms with Crippen molar-refractivity contribution in [2.24, 2.45) is 5.41 Å². The molecule has 2 rings (SSSR count). The lowest BCUT2D eigenvalue weighted by Crippen LogP contribution is -2.49. The maximum atomic E-state index is 12.6. The number of hydrogen-bond acceptors (Lipinski definition) is 2. The van der Waals surface area contributed by atoms with Gasteiger partial charge in [0.25, 0.3) is 0 Å². The van der Waals surface area contributed by atoms with E-state index in [-0.39, 0.29) is 5.41 Å². The third-order valence-corrected chi connectivity index (χ3v) is 5.03. The van der Waals surface area contributed by atoms with Gasteiger partial charge in [-0.15, -0.1) is 0 Å². The van der Waals surface area contributed by atoms with Gasteiger partial charge in [-0.25, -0.2) is 0 Å². The molecular weight excluding hydrogens is 224 g/mol. The monoisotopic (exact) mass is 252 g/mol. The average molecular weight is 252 g/mol. The number of carbonyl (C=O) groups excluding carboxylic acids is 1. The van der Waals surface area contributed by atoms with E-state index in [0.29, 0.717) is 11.9 Å². The van der Waals surface area contributed by atoms with Crippen LogP contribution in [0.15, 0.2) is 0 Å². The van der Waals surface area contributed by atoms with Gasteiger partial charge >= 0.3 is 0 Å². The molecule has 1 atom stereocenters. The topological polar surface area (TPSA) is 23.6 Å². The Kier molecular flexibility index (Phi) is 4.31. The van der Waals surface area contributed by atoms with Gasteiger partial charge in [0.1, 0.15) is 0 Å². The van der Waals surface area contributed by atoms with Crippen molar-refractivity contribution in [2.75, 3.05) is 26.2 Å². The van der Waals surface area contributed by atoms with Crippen LogP contribution in [-0.4, -0.2) is 47.9 Å². The van der Waals surface area contributed by atoms with Gasteiger partial charge in [-0.2, -0.15) is 0 Å². The van der Waals surface area contributed by atoms with Crippen molar-refractivity contribution in [2.45, 2.75) is 58.9 Å². The van der Waals surface area contributed by atoms with E-state index in [0.717, 1.165) is 39.0 Å². The van der Waals surface area contributed by atoms with Crippen molar-refractivity contribution < 1.29 is 4.79 Å². The average Bonchev–Trinajstić information content (AvgIpc) is 2.91. The minimum absolute atomic E-state index is 0.0890. The maximum absolute atomic E-state index is 12.6. The Morgan fingerprint density at radius 2 is 1.72 bits per heavy atom. The van der Waals surface area contributed by atoms with Crippen LogP contribution in [0.2, 0.25) is 0 Å². The van der Waals surface area contributed by atoms with Crippen molar-refractivity contribution in [3.8, 4) is 0 Å². The molecule has 2 aliphatic rings. The van der Waals surface area contributed by atoms with Gasteiger partial charge in [-0.3, -0.25) is 4.79 Å². The smallest absolute Gasteiger partial charge is 0.228 e. The molecule has 0 N–H and O–H groups in total. The zero-order valence-corrected chi connectivity index (χ0v) is 12.2. The van der Waals surface area contributed by atoms with Crippen molar-refractivity contribution in [3.63, 3.8) is 0 Å². The first kappa shape index (κ1) is 13.9. The Bertz CT molecular complexity index is 289. The first-order valence-corrected chi connectivity index (χ1v) is 7.60. The molecule has 1 amide bonds. The van der Waals surface area contributed by atoms with Crippen LogP contribution < -0.4 is 0 Å². The van der Waals surface area contributed by atoms with Gasteiger partial charge < -0.3 is 9.80 Å². The lowest BCUT2D eigenvalue weighted by Gasteiger charge is -2.42. The van der Waals surface area contributed by atoms with Crippen LogP contribution in [0, 0.1) is 5.41 Å². The van der Waals surface area contributed by atoms with E-state index >= 15 is 0 Å². The number of likely N-dealkylation sites (tertiary alicyclic amines) is 2. The van der Waals surface area contributed by atoms with Crippen LogP contribution in [0.25, 0.3) is 0 Å². The van der Waals surface area contributed by atoms with E-state index in [4.69, 9.17) is 0 Å². The molecular formula is C15H28N2O. The molecule has 0 aromatic heterocycles. The van der Waals surface area contributed by atoms with Crippen LogP contribution in [0.5, 0.6) is 0 Å². The van der Waals surface area contributed by atoms with Crippen molar-refractivity contribution in [1.82, 2.24) is 9.80 Å². The standard InChI is InChI=1S/C15H28N2O/c1-4-13(2)16-11-7-15(3,8-12-16)14(18)17-9-5-6-10-17/h13H,4-12H2,1-3H3. The summed E-state index contributed by atoms with van der Waals surface area (Å²) in [6, 6.07) is 0.663. The molecule has 2 fully saturated rings. The quantitative estimate of drug-likeness (QED) is 0.770. The fourth-order valence-electron chi connectivity index (χ4n) is 3.23. The first-order valence-electron chi connectivity index (χ1n) is 7.60. The fourth-order valence-corrected chi connectivity index (χ4v) is 3.23. The van der Waals surface area contributed by atoms with E-state index < -0.39 is 0 Å². The molecule has 2 aliphatic heterocycles. The number of amides is 1. The summed E-state index contributed by atoms with van der Waals surface area (Å²) >= 11 is 0. The summed E-state index contributed by atoms with van der Waals surface area (Å²) in [5.74, 6) is 0.420. The highest BCUT2D eigenvalue weighted by Gasteiger charge is 2.40. The van der Waals surface area contributed by atoms with Crippen molar-refractivity contribution >= 4 is 5.91 Å². The van der Waals surface area contributed by atoms with Crippen LogP contribution in [0.4, 0.5) is 0 Å². The molecule has 3 nitrogen and oxygen atoms in total. The molecule has 18 heavy (non-hydrogen) atoms. The highest BCUT2D eigenvalue weighted by Crippen LogP contribution is 2.34. The zero-order chi connectivity index (χ0) is 13.2. The fraction of sp³-hybridized carbons (Fsp3) is 0.933. The first-order chi connectivity index (χ1) is 8.57. The summed E-state index contributed by atoms with van der Waals surface area (Å²) in [4.78, 5) is 17.2. The minimum Gasteiger partial charge on any atom is -0.342 e. The lowest BCUT2D eigenvalue weighted by atomic mass is 9.78. The molecule has 0 radical (unpaired) electrons. The molecule has 2 heterocycles. The molecule has 0 spiro atoms. The summed E-state index contributed by atoms with van der Waals surface area (Å²) < 4.78 is 0. The predicted molar refractivity (Wildman–Crippen MR) is 74.5 cm³/mol. The number of hydrogen-bond donors (Lipinski definition) is 0. The van der Waals surface area contributed by atoms with Crippen molar-refractivity contribution in [3.05, 3.63) is 0 Å². The van der Waals surface area contributed by atoms with Gasteiger partial charge in [0.2, 0.25) is 5.91 Å². The van der Waals surface area contributed by atoms with E-state index in [1.165, 1.54) is 19.3 Å². The summed E-state index contributed by atoms with van der Waals surface area (Å²) in [5, 5.41) is 0. The molecule has 0 aliphatic carbocycles. The molecule has 0 saturated carbocycles. The number of carbonyl (C=O) groups is 1. The molecule has 2 saturated heterocycles. The molecule has 1 unspecified atom stereocenters. The summed E-state index contributed by atoms with van der Waals surface area (Å²) in [6.07, 6.45) is 5.66. The van der Waals surface area contributed by atoms with Gasteiger partial charge in [0.05, 0.1) is 0 Å². The van der Waals surface area contributed by atoms with Gasteiger partial charge in [-0.1, -0.05) is 13.8 Å². The summed E-state index contributed by atoms with van der Waals surface area (Å²) in [6.45, 7) is 10.9. The molecule has 0 aromatic carbocycles. The predicted octanol–water partition coefficient (Wildman–Crippen LogP) is 2.51. The van der Waals surface area contributed by atoms with Crippen LogP contribution in [0.1, 0.15) is 52.9 Å². The minimum atomic E-state index is -0.0890.